The van der Waals surface area contributed by atoms with E-state index in [0.29, 0.717) is 5.75 Å². The highest BCUT2D eigenvalue weighted by Gasteiger charge is 2.11. The molecular formula is C20H25N3OS. The molecule has 0 radical (unpaired) electrons. The van der Waals surface area contributed by atoms with Crippen molar-refractivity contribution in [2.24, 2.45) is 0 Å². The van der Waals surface area contributed by atoms with E-state index in [1.807, 2.05) is 36.1 Å². The van der Waals surface area contributed by atoms with Gasteiger partial charge in [-0.25, -0.2) is 4.98 Å². The van der Waals surface area contributed by atoms with Gasteiger partial charge in [-0.1, -0.05) is 17.7 Å². The maximum absolute atomic E-state index is 10.2. The molecule has 0 saturated heterocycles. The molecule has 0 bridgehead atoms. The summed E-state index contributed by atoms with van der Waals surface area (Å²) in [6, 6.07) is 10.2. The Balaban J connectivity index is 1.67. The van der Waals surface area contributed by atoms with Crippen molar-refractivity contribution in [3.63, 3.8) is 0 Å². The molecule has 0 unspecified atom stereocenters. The average molecular weight is 356 g/mol. The Morgan fingerprint density at radius 2 is 2.04 bits per heavy atom. The van der Waals surface area contributed by atoms with Gasteiger partial charge in [0.15, 0.2) is 0 Å². The largest absolute Gasteiger partial charge is 0.508 e. The SMILES string of the molecule is Cc1ccc(O)c(CN(CCCn2ccnc2)Cc2ccc(C)s2)c1. The molecule has 1 N–H and O–H groups in total. The standard InChI is InChI=1S/C20H25N3OS/c1-16-4-7-20(24)18(12-16)13-23(14-19-6-5-17(2)25-19)10-3-9-22-11-8-21-15-22/h4-8,11-12,15,24H,3,9-10,13-14H2,1-2H3. The molecule has 132 valence electrons. The van der Waals surface area contributed by atoms with Crippen LogP contribution in [0.1, 0.15) is 27.3 Å². The van der Waals surface area contributed by atoms with Gasteiger partial charge in [-0.05, 0) is 38.5 Å². The van der Waals surface area contributed by atoms with Crippen molar-refractivity contribution < 1.29 is 5.11 Å². The van der Waals surface area contributed by atoms with Crippen LogP contribution in [0.4, 0.5) is 0 Å². The number of hydrogen-bond acceptors (Lipinski definition) is 4. The summed E-state index contributed by atoms with van der Waals surface area (Å²) in [4.78, 5) is 9.22. The third kappa shape index (κ3) is 5.18. The van der Waals surface area contributed by atoms with Gasteiger partial charge in [0.25, 0.3) is 0 Å². The molecule has 3 aromatic rings. The summed E-state index contributed by atoms with van der Waals surface area (Å²) in [5, 5.41) is 10.2. The van der Waals surface area contributed by atoms with E-state index < -0.39 is 0 Å². The van der Waals surface area contributed by atoms with Crippen molar-refractivity contribution >= 4 is 11.3 Å². The number of aryl methyl sites for hydroxylation is 3. The molecule has 0 spiro atoms. The second kappa shape index (κ2) is 8.32. The molecule has 0 fully saturated rings. The number of phenolic OH excluding ortho intramolecular Hbond substituents is 1. The molecule has 0 amide bonds. The maximum atomic E-state index is 10.2. The number of nitrogens with zero attached hydrogens (tertiary/aromatic N) is 3. The van der Waals surface area contributed by atoms with Crippen molar-refractivity contribution in [1.82, 2.24) is 14.5 Å². The number of aromatic hydroxyl groups is 1. The minimum absolute atomic E-state index is 0.382. The molecule has 2 heterocycles. The molecule has 0 saturated carbocycles. The highest BCUT2D eigenvalue weighted by Crippen LogP contribution is 2.23. The predicted octanol–water partition coefficient (Wildman–Crippen LogP) is 4.36. The normalized spacial score (nSPS) is 11.3. The minimum atomic E-state index is 0.382. The van der Waals surface area contributed by atoms with Crippen molar-refractivity contribution in [3.8, 4) is 5.75 Å². The number of aromatic nitrogens is 2. The van der Waals surface area contributed by atoms with Crippen LogP contribution in [0.3, 0.4) is 0 Å². The van der Waals surface area contributed by atoms with Crippen LogP contribution >= 0.6 is 11.3 Å². The Bertz CT molecular complexity index is 795. The summed E-state index contributed by atoms with van der Waals surface area (Å²) in [5.74, 6) is 0.382. The predicted molar refractivity (Wildman–Crippen MR) is 103 cm³/mol. The zero-order chi connectivity index (χ0) is 17.6. The summed E-state index contributed by atoms with van der Waals surface area (Å²) in [6.45, 7) is 7.81. The number of phenols is 1. The number of rotatable bonds is 8. The highest BCUT2D eigenvalue weighted by atomic mass is 32.1. The van der Waals surface area contributed by atoms with E-state index in [-0.39, 0.29) is 0 Å². The van der Waals surface area contributed by atoms with Crippen molar-refractivity contribution in [1.29, 1.82) is 0 Å². The molecular weight excluding hydrogens is 330 g/mol. The van der Waals surface area contributed by atoms with Gasteiger partial charge in [-0.15, -0.1) is 11.3 Å². The lowest BCUT2D eigenvalue weighted by Gasteiger charge is -2.22. The lowest BCUT2D eigenvalue weighted by molar-refractivity contribution is 0.247. The van der Waals surface area contributed by atoms with Crippen molar-refractivity contribution in [2.45, 2.75) is 39.9 Å². The van der Waals surface area contributed by atoms with Crippen LogP contribution < -0.4 is 0 Å². The number of imidazole rings is 1. The van der Waals surface area contributed by atoms with Crippen LogP contribution in [0.25, 0.3) is 0 Å². The summed E-state index contributed by atoms with van der Waals surface area (Å²) < 4.78 is 2.11. The minimum Gasteiger partial charge on any atom is -0.508 e. The van der Waals surface area contributed by atoms with Crippen LogP contribution in [0, 0.1) is 13.8 Å². The maximum Gasteiger partial charge on any atom is 0.120 e. The summed E-state index contributed by atoms with van der Waals surface area (Å²) in [5.41, 5.74) is 2.18. The van der Waals surface area contributed by atoms with Crippen molar-refractivity contribution in [3.05, 3.63) is 69.9 Å². The van der Waals surface area contributed by atoms with E-state index in [1.165, 1.54) is 15.3 Å². The van der Waals surface area contributed by atoms with E-state index in [9.17, 15) is 5.11 Å². The van der Waals surface area contributed by atoms with E-state index in [1.54, 1.807) is 6.07 Å². The van der Waals surface area contributed by atoms with Crippen LogP contribution in [0.2, 0.25) is 0 Å². The first-order chi connectivity index (χ1) is 12.1. The van der Waals surface area contributed by atoms with Gasteiger partial charge in [0.2, 0.25) is 0 Å². The van der Waals surface area contributed by atoms with E-state index in [0.717, 1.165) is 38.2 Å². The number of hydrogen-bond donors (Lipinski definition) is 1. The summed E-state index contributed by atoms with van der Waals surface area (Å²) in [6.07, 6.45) is 6.73. The smallest absolute Gasteiger partial charge is 0.120 e. The molecule has 0 aliphatic heterocycles. The summed E-state index contributed by atoms with van der Waals surface area (Å²) in [7, 11) is 0. The van der Waals surface area contributed by atoms with Gasteiger partial charge in [0, 0.05) is 53.9 Å². The third-order valence-electron chi connectivity index (χ3n) is 4.25. The Hall–Kier alpha value is -2.11. The fourth-order valence-electron chi connectivity index (χ4n) is 2.98. The first-order valence-corrected chi connectivity index (χ1v) is 9.44. The second-order valence-corrected chi connectivity index (χ2v) is 7.88. The fourth-order valence-corrected chi connectivity index (χ4v) is 3.92. The van der Waals surface area contributed by atoms with Crippen LogP contribution in [-0.4, -0.2) is 26.1 Å². The van der Waals surface area contributed by atoms with Gasteiger partial charge in [-0.3, -0.25) is 4.90 Å². The van der Waals surface area contributed by atoms with E-state index in [4.69, 9.17) is 0 Å². The summed E-state index contributed by atoms with van der Waals surface area (Å²) >= 11 is 1.85. The first-order valence-electron chi connectivity index (χ1n) is 8.62. The fraction of sp³-hybridized carbons (Fsp3) is 0.350. The zero-order valence-electron chi connectivity index (χ0n) is 14.9. The number of benzene rings is 1. The van der Waals surface area contributed by atoms with E-state index in [2.05, 4.69) is 46.5 Å². The molecule has 1 aromatic carbocycles. The molecule has 0 atom stereocenters. The average Bonchev–Trinajstić information content (AvgIpc) is 3.23. The van der Waals surface area contributed by atoms with Crippen LogP contribution in [0.15, 0.2) is 49.1 Å². The zero-order valence-corrected chi connectivity index (χ0v) is 15.7. The second-order valence-electron chi connectivity index (χ2n) is 6.51. The Morgan fingerprint density at radius 1 is 1.16 bits per heavy atom. The molecule has 5 heteroatoms. The third-order valence-corrected chi connectivity index (χ3v) is 5.24. The molecule has 2 aromatic heterocycles. The molecule has 4 nitrogen and oxygen atoms in total. The van der Waals surface area contributed by atoms with E-state index >= 15 is 0 Å². The van der Waals surface area contributed by atoms with Gasteiger partial charge in [0.05, 0.1) is 6.33 Å². The Labute approximate surface area is 153 Å². The van der Waals surface area contributed by atoms with Gasteiger partial charge in [0.1, 0.15) is 5.75 Å². The first kappa shape index (κ1) is 17.7. The topological polar surface area (TPSA) is 41.3 Å². The lowest BCUT2D eigenvalue weighted by Crippen LogP contribution is -2.24. The monoisotopic (exact) mass is 355 g/mol. The van der Waals surface area contributed by atoms with Crippen molar-refractivity contribution in [2.75, 3.05) is 6.54 Å². The number of thiophene rings is 1. The van der Waals surface area contributed by atoms with Gasteiger partial charge in [-0.2, -0.15) is 0 Å². The molecule has 0 aliphatic carbocycles. The lowest BCUT2D eigenvalue weighted by atomic mass is 10.1. The molecule has 3 rings (SSSR count). The molecule has 0 aliphatic rings. The molecule has 25 heavy (non-hydrogen) atoms. The van der Waals surface area contributed by atoms with Crippen LogP contribution in [-0.2, 0) is 19.6 Å². The Morgan fingerprint density at radius 3 is 2.76 bits per heavy atom. The quantitative estimate of drug-likeness (QED) is 0.653. The Kier molecular flexibility index (Phi) is 5.89. The van der Waals surface area contributed by atoms with Gasteiger partial charge < -0.3 is 9.67 Å². The van der Waals surface area contributed by atoms with Gasteiger partial charge >= 0.3 is 0 Å². The van der Waals surface area contributed by atoms with Crippen LogP contribution in [0.5, 0.6) is 5.75 Å². The highest BCUT2D eigenvalue weighted by molar-refractivity contribution is 7.11.